The van der Waals surface area contributed by atoms with Crippen LogP contribution in [0.4, 0.5) is 0 Å². The molecule has 0 amide bonds. The Bertz CT molecular complexity index is 74.4. The Hall–Kier alpha value is 0.850. The molecule has 0 aliphatic heterocycles. The fraction of sp³-hybridized carbons (Fsp3) is 0.500. The predicted octanol–water partition coefficient (Wildman–Crippen LogP) is 2.96. The monoisotopic (exact) mass is 268 g/mol. The van der Waals surface area contributed by atoms with E-state index in [0.29, 0.717) is 0 Å². The molecule has 0 N–H and O–H groups in total. The standard InChI is InChI=1S/C4H7Cl2IO/c1-8-4-2-3-7(5)6/h2,4H,3H2,1H3. The van der Waals surface area contributed by atoms with E-state index in [0.717, 1.165) is 4.43 Å². The number of rotatable bonds is 3. The van der Waals surface area contributed by atoms with E-state index in [4.69, 9.17) is 17.8 Å². The van der Waals surface area contributed by atoms with Crippen molar-refractivity contribution in [1.29, 1.82) is 0 Å². The van der Waals surface area contributed by atoms with Gasteiger partial charge in [-0.2, -0.15) is 0 Å². The molecule has 0 atom stereocenters. The zero-order chi connectivity index (χ0) is 6.41. The maximum atomic E-state index is 5.53. The van der Waals surface area contributed by atoms with E-state index in [2.05, 4.69) is 4.74 Å². The molecular weight excluding hydrogens is 262 g/mol. The topological polar surface area (TPSA) is 9.23 Å². The zero-order valence-corrected chi connectivity index (χ0v) is 8.07. The van der Waals surface area contributed by atoms with E-state index in [1.165, 1.54) is 0 Å². The summed E-state index contributed by atoms with van der Waals surface area (Å²) in [4.78, 5) is 0. The van der Waals surface area contributed by atoms with Crippen LogP contribution in [0, 0.1) is 0 Å². The van der Waals surface area contributed by atoms with Gasteiger partial charge in [-0.25, -0.2) is 0 Å². The molecule has 4 heteroatoms. The number of alkyl halides is 1. The van der Waals surface area contributed by atoms with Crippen LogP contribution in [0.25, 0.3) is 0 Å². The van der Waals surface area contributed by atoms with Crippen molar-refractivity contribution < 1.29 is 4.74 Å². The molecule has 0 saturated carbocycles. The quantitative estimate of drug-likeness (QED) is 0.434. The van der Waals surface area contributed by atoms with Gasteiger partial charge in [-0.15, -0.1) is 0 Å². The van der Waals surface area contributed by atoms with Crippen molar-refractivity contribution in [3.05, 3.63) is 12.3 Å². The van der Waals surface area contributed by atoms with Crippen LogP contribution in [-0.4, -0.2) is 11.5 Å². The minimum atomic E-state index is -1.57. The van der Waals surface area contributed by atoms with Gasteiger partial charge in [0, 0.05) is 0 Å². The molecule has 0 radical (unpaired) electrons. The predicted molar refractivity (Wildman–Crippen MR) is 46.7 cm³/mol. The maximum absolute atomic E-state index is 5.53. The molecule has 0 aromatic rings. The summed E-state index contributed by atoms with van der Waals surface area (Å²) in [7, 11) is 12.7. The normalized spacial score (nSPS) is 12.1. The first-order valence-electron chi connectivity index (χ1n) is 1.94. The Kier molecular flexibility index (Phi) is 6.61. The van der Waals surface area contributed by atoms with Crippen molar-refractivity contribution >= 4 is 35.4 Å². The van der Waals surface area contributed by atoms with Gasteiger partial charge in [0.1, 0.15) is 0 Å². The first-order valence-corrected chi connectivity index (χ1v) is 8.93. The van der Waals surface area contributed by atoms with Gasteiger partial charge in [0.15, 0.2) is 0 Å². The Balaban J connectivity index is 3.03. The summed E-state index contributed by atoms with van der Waals surface area (Å²) < 4.78 is 5.41. The van der Waals surface area contributed by atoms with Crippen molar-refractivity contribution in [2.45, 2.75) is 0 Å². The number of halogens is 3. The molecule has 50 valence electrons. The molecule has 0 spiro atoms. The van der Waals surface area contributed by atoms with Gasteiger partial charge in [-0.1, -0.05) is 0 Å². The van der Waals surface area contributed by atoms with Gasteiger partial charge in [0.2, 0.25) is 0 Å². The third kappa shape index (κ3) is 6.85. The average Bonchev–Trinajstić information content (AvgIpc) is 1.66. The van der Waals surface area contributed by atoms with Crippen LogP contribution in [-0.2, 0) is 4.74 Å². The van der Waals surface area contributed by atoms with Gasteiger partial charge >= 0.3 is 64.0 Å². The molecular formula is C4H7Cl2IO. The van der Waals surface area contributed by atoms with Crippen LogP contribution >= 0.6 is 35.4 Å². The Morgan fingerprint density at radius 1 is 1.62 bits per heavy atom. The van der Waals surface area contributed by atoms with E-state index in [1.807, 2.05) is 6.08 Å². The second kappa shape index (κ2) is 5.98. The third-order valence-electron chi connectivity index (χ3n) is 0.438. The van der Waals surface area contributed by atoms with Crippen molar-refractivity contribution in [1.82, 2.24) is 0 Å². The number of hydrogen-bond donors (Lipinski definition) is 0. The number of ether oxygens (including phenoxy) is 1. The van der Waals surface area contributed by atoms with Gasteiger partial charge in [0.05, 0.1) is 0 Å². The van der Waals surface area contributed by atoms with Gasteiger partial charge in [-0.05, 0) is 0 Å². The molecule has 0 bridgehead atoms. The van der Waals surface area contributed by atoms with Crippen molar-refractivity contribution in [2.24, 2.45) is 0 Å². The molecule has 0 aliphatic rings. The summed E-state index contributed by atoms with van der Waals surface area (Å²) in [5.41, 5.74) is 0. The molecule has 0 saturated heterocycles. The molecule has 0 aromatic heterocycles. The molecule has 0 aliphatic carbocycles. The number of hydrogen-bond acceptors (Lipinski definition) is 1. The average molecular weight is 269 g/mol. The van der Waals surface area contributed by atoms with Gasteiger partial charge in [-0.3, -0.25) is 0 Å². The Labute approximate surface area is 63.8 Å². The fourth-order valence-corrected chi connectivity index (χ4v) is 1.70. The van der Waals surface area contributed by atoms with Gasteiger partial charge < -0.3 is 0 Å². The SMILES string of the molecule is COC=CCI(Cl)Cl. The van der Waals surface area contributed by atoms with Crippen molar-refractivity contribution in [3.63, 3.8) is 0 Å². The summed E-state index contributed by atoms with van der Waals surface area (Å²) in [5.74, 6) is 0. The van der Waals surface area contributed by atoms with E-state index in [1.54, 1.807) is 13.4 Å². The molecule has 0 aromatic carbocycles. The summed E-state index contributed by atoms with van der Waals surface area (Å²) in [5, 5.41) is 0. The third-order valence-corrected chi connectivity index (χ3v) is 3.18. The zero-order valence-electron chi connectivity index (χ0n) is 4.40. The summed E-state index contributed by atoms with van der Waals surface area (Å²) in [6, 6.07) is 0. The van der Waals surface area contributed by atoms with E-state index in [-0.39, 0.29) is 0 Å². The second-order valence-corrected chi connectivity index (χ2v) is 8.97. The first kappa shape index (κ1) is 8.85. The van der Waals surface area contributed by atoms with Crippen molar-refractivity contribution in [2.75, 3.05) is 11.5 Å². The second-order valence-electron chi connectivity index (χ2n) is 1.02. The molecule has 1 nitrogen and oxygen atoms in total. The van der Waals surface area contributed by atoms with Crippen LogP contribution in [0.15, 0.2) is 12.3 Å². The number of methoxy groups -OCH3 is 1. The summed E-state index contributed by atoms with van der Waals surface area (Å²) in [6.45, 7) is 0. The fourth-order valence-electron chi connectivity index (χ4n) is 0.200. The van der Waals surface area contributed by atoms with Crippen LogP contribution in [0.2, 0.25) is 0 Å². The molecule has 0 rings (SSSR count). The van der Waals surface area contributed by atoms with E-state index in [9.17, 15) is 0 Å². The van der Waals surface area contributed by atoms with E-state index >= 15 is 0 Å². The molecule has 0 heterocycles. The Morgan fingerprint density at radius 3 is 2.62 bits per heavy atom. The molecule has 0 unspecified atom stereocenters. The van der Waals surface area contributed by atoms with Crippen LogP contribution < -0.4 is 0 Å². The summed E-state index contributed by atoms with van der Waals surface area (Å²) in [6.07, 6.45) is 3.43. The van der Waals surface area contributed by atoms with Crippen LogP contribution in [0.3, 0.4) is 0 Å². The minimum absolute atomic E-state index is 0.793. The molecule has 8 heavy (non-hydrogen) atoms. The van der Waals surface area contributed by atoms with Crippen LogP contribution in [0.5, 0.6) is 0 Å². The number of allylic oxidation sites excluding steroid dienone is 1. The van der Waals surface area contributed by atoms with Gasteiger partial charge in [0.25, 0.3) is 0 Å². The summed E-state index contributed by atoms with van der Waals surface area (Å²) >= 11 is -1.57. The first-order chi connectivity index (χ1) is 3.77. The van der Waals surface area contributed by atoms with E-state index < -0.39 is 17.6 Å². The Morgan fingerprint density at radius 2 is 2.25 bits per heavy atom. The van der Waals surface area contributed by atoms with Crippen molar-refractivity contribution in [3.8, 4) is 0 Å². The molecule has 0 fully saturated rings. The van der Waals surface area contributed by atoms with Crippen LogP contribution in [0.1, 0.15) is 0 Å².